The summed E-state index contributed by atoms with van der Waals surface area (Å²) >= 11 is 3.22. The van der Waals surface area contributed by atoms with Crippen LogP contribution in [-0.4, -0.2) is 15.6 Å². The van der Waals surface area contributed by atoms with Gasteiger partial charge in [-0.3, -0.25) is 9.59 Å². The van der Waals surface area contributed by atoms with E-state index in [2.05, 4.69) is 21.2 Å². The topological polar surface area (TPSA) is 71.3 Å². The quantitative estimate of drug-likeness (QED) is 0.842. The Morgan fingerprint density at radius 3 is 2.80 bits per heavy atom. The summed E-state index contributed by atoms with van der Waals surface area (Å²) in [5, 5.41) is 12.3. The molecule has 1 amide bonds. The lowest BCUT2D eigenvalue weighted by molar-refractivity contribution is -0.116. The van der Waals surface area contributed by atoms with Gasteiger partial charge in [0.25, 0.3) is 5.56 Å². The van der Waals surface area contributed by atoms with Crippen LogP contribution >= 0.6 is 15.9 Å². The van der Waals surface area contributed by atoms with Crippen molar-refractivity contribution >= 4 is 27.5 Å². The van der Waals surface area contributed by atoms with Gasteiger partial charge in [0.1, 0.15) is 5.75 Å². The maximum atomic E-state index is 11.8. The molecule has 2 aromatic rings. The fourth-order valence-corrected chi connectivity index (χ4v) is 2.04. The number of nitrogens with zero attached hydrogens (tertiary/aromatic N) is 1. The Bertz CT molecular complexity index is 682. The molecule has 104 valence electrons. The fraction of sp³-hybridized carbons (Fsp3) is 0.143. The monoisotopic (exact) mass is 336 g/mol. The summed E-state index contributed by atoms with van der Waals surface area (Å²) in [4.78, 5) is 23.3. The second kappa shape index (κ2) is 6.38. The van der Waals surface area contributed by atoms with Crippen molar-refractivity contribution in [2.75, 3.05) is 5.32 Å². The highest BCUT2D eigenvalue weighted by atomic mass is 79.9. The third-order valence-electron chi connectivity index (χ3n) is 2.71. The van der Waals surface area contributed by atoms with Gasteiger partial charge in [-0.1, -0.05) is 22.0 Å². The molecule has 1 aromatic heterocycles. The maximum absolute atomic E-state index is 11.8. The van der Waals surface area contributed by atoms with E-state index in [-0.39, 0.29) is 23.6 Å². The van der Waals surface area contributed by atoms with Gasteiger partial charge in [0.05, 0.1) is 5.69 Å². The predicted octanol–water partition coefficient (Wildman–Crippen LogP) is 2.35. The number of anilines is 1. The van der Waals surface area contributed by atoms with Crippen molar-refractivity contribution < 1.29 is 9.90 Å². The van der Waals surface area contributed by atoms with Crippen molar-refractivity contribution in [3.63, 3.8) is 0 Å². The molecular formula is C14H13BrN2O3. The molecule has 2 rings (SSSR count). The molecule has 0 saturated heterocycles. The second-order valence-electron chi connectivity index (χ2n) is 4.19. The molecule has 5 nitrogen and oxygen atoms in total. The van der Waals surface area contributed by atoms with Gasteiger partial charge in [-0.05, 0) is 24.3 Å². The van der Waals surface area contributed by atoms with Crippen molar-refractivity contribution in [3.05, 3.63) is 57.4 Å². The molecular weight excluding hydrogens is 324 g/mol. The van der Waals surface area contributed by atoms with Crippen LogP contribution in [0.2, 0.25) is 0 Å². The minimum atomic E-state index is -0.265. The molecule has 0 spiro atoms. The number of pyridine rings is 1. The molecule has 20 heavy (non-hydrogen) atoms. The zero-order valence-corrected chi connectivity index (χ0v) is 12.1. The number of aromatic hydroxyl groups is 1. The van der Waals surface area contributed by atoms with Gasteiger partial charge in [-0.25, -0.2) is 0 Å². The first kappa shape index (κ1) is 14.3. The van der Waals surface area contributed by atoms with Gasteiger partial charge in [-0.2, -0.15) is 0 Å². The molecule has 6 heteroatoms. The van der Waals surface area contributed by atoms with Crippen LogP contribution in [0.3, 0.4) is 0 Å². The maximum Gasteiger partial charge on any atom is 0.250 e. The zero-order chi connectivity index (χ0) is 14.5. The third kappa shape index (κ3) is 3.71. The summed E-state index contributed by atoms with van der Waals surface area (Å²) in [6.07, 6.45) is 1.78. The molecule has 0 aliphatic carbocycles. The van der Waals surface area contributed by atoms with E-state index in [4.69, 9.17) is 0 Å². The van der Waals surface area contributed by atoms with Crippen LogP contribution in [0.4, 0.5) is 5.69 Å². The molecule has 0 aliphatic heterocycles. The van der Waals surface area contributed by atoms with Gasteiger partial charge in [0, 0.05) is 29.7 Å². The van der Waals surface area contributed by atoms with Crippen molar-refractivity contribution in [3.8, 4) is 5.75 Å². The first-order valence-electron chi connectivity index (χ1n) is 6.00. The van der Waals surface area contributed by atoms with Gasteiger partial charge in [-0.15, -0.1) is 0 Å². The van der Waals surface area contributed by atoms with Crippen LogP contribution < -0.4 is 10.9 Å². The van der Waals surface area contributed by atoms with Crippen LogP contribution in [0.15, 0.2) is 51.9 Å². The number of carbonyl (C=O) groups excluding carboxylic acids is 1. The standard InChI is InChI=1S/C14H13BrN2O3/c15-10-4-5-11(12(18)9-10)16-13(19)6-8-17-7-2-1-3-14(17)20/h1-5,7,9,18H,6,8H2,(H,16,19). The van der Waals surface area contributed by atoms with Crippen LogP contribution in [0, 0.1) is 0 Å². The molecule has 0 unspecified atom stereocenters. The Hall–Kier alpha value is -2.08. The molecule has 0 radical (unpaired) electrons. The normalized spacial score (nSPS) is 10.2. The van der Waals surface area contributed by atoms with Crippen LogP contribution in [0.5, 0.6) is 5.75 Å². The predicted molar refractivity (Wildman–Crippen MR) is 79.8 cm³/mol. The average Bonchev–Trinajstić information content (AvgIpc) is 2.41. The minimum absolute atomic E-state index is 0.00963. The fourth-order valence-electron chi connectivity index (χ4n) is 1.69. The highest BCUT2D eigenvalue weighted by Gasteiger charge is 2.07. The highest BCUT2D eigenvalue weighted by molar-refractivity contribution is 9.10. The van der Waals surface area contributed by atoms with Crippen molar-refractivity contribution in [2.24, 2.45) is 0 Å². The number of amides is 1. The summed E-state index contributed by atoms with van der Waals surface area (Å²) in [5.74, 6) is -0.275. The largest absolute Gasteiger partial charge is 0.506 e. The summed E-state index contributed by atoms with van der Waals surface area (Å²) < 4.78 is 2.19. The summed E-state index contributed by atoms with van der Waals surface area (Å²) in [6.45, 7) is 0.294. The molecule has 0 saturated carbocycles. The first-order valence-corrected chi connectivity index (χ1v) is 6.79. The van der Waals surface area contributed by atoms with E-state index in [0.717, 1.165) is 4.47 Å². The Kier molecular flexibility index (Phi) is 4.57. The van der Waals surface area contributed by atoms with Crippen molar-refractivity contribution in [1.82, 2.24) is 4.57 Å². The number of phenolic OH excluding ortho intramolecular Hbond substituents is 1. The molecule has 1 aromatic carbocycles. The molecule has 0 atom stereocenters. The first-order chi connectivity index (χ1) is 9.56. The van der Waals surface area contributed by atoms with Crippen molar-refractivity contribution in [1.29, 1.82) is 0 Å². The Balaban J connectivity index is 1.96. The van der Waals surface area contributed by atoms with E-state index in [1.165, 1.54) is 16.7 Å². The molecule has 0 aliphatic rings. The van der Waals surface area contributed by atoms with E-state index < -0.39 is 0 Å². The lowest BCUT2D eigenvalue weighted by Crippen LogP contribution is -2.21. The van der Waals surface area contributed by atoms with Gasteiger partial charge < -0.3 is 15.0 Å². The molecule has 2 N–H and O–H groups in total. The number of benzene rings is 1. The highest BCUT2D eigenvalue weighted by Crippen LogP contribution is 2.26. The summed E-state index contributed by atoms with van der Waals surface area (Å²) in [7, 11) is 0. The Labute approximate surface area is 124 Å². The molecule has 0 fully saturated rings. The van der Waals surface area contributed by atoms with E-state index in [1.54, 1.807) is 30.5 Å². The van der Waals surface area contributed by atoms with E-state index in [1.807, 2.05) is 0 Å². The number of aryl methyl sites for hydroxylation is 1. The number of carbonyl (C=O) groups is 1. The van der Waals surface area contributed by atoms with Gasteiger partial charge in [0.2, 0.25) is 5.91 Å². The van der Waals surface area contributed by atoms with Crippen LogP contribution in [-0.2, 0) is 11.3 Å². The number of aromatic nitrogens is 1. The molecule has 1 heterocycles. The zero-order valence-electron chi connectivity index (χ0n) is 10.5. The number of hydrogen-bond acceptors (Lipinski definition) is 3. The smallest absolute Gasteiger partial charge is 0.250 e. The number of nitrogens with one attached hydrogen (secondary N) is 1. The third-order valence-corrected chi connectivity index (χ3v) is 3.21. The van der Waals surface area contributed by atoms with E-state index in [0.29, 0.717) is 12.2 Å². The van der Waals surface area contributed by atoms with Crippen LogP contribution in [0.25, 0.3) is 0 Å². The second-order valence-corrected chi connectivity index (χ2v) is 5.11. The van der Waals surface area contributed by atoms with Gasteiger partial charge in [0.15, 0.2) is 0 Å². The Morgan fingerprint density at radius 1 is 1.30 bits per heavy atom. The number of halogens is 1. The van der Waals surface area contributed by atoms with Crippen molar-refractivity contribution in [2.45, 2.75) is 13.0 Å². The SMILES string of the molecule is O=C(CCn1ccccc1=O)Nc1ccc(Br)cc1O. The molecule has 0 bridgehead atoms. The number of phenols is 1. The van der Waals surface area contributed by atoms with Gasteiger partial charge >= 0.3 is 0 Å². The summed E-state index contributed by atoms with van der Waals surface area (Å²) in [6, 6.07) is 9.65. The van der Waals surface area contributed by atoms with E-state index in [9.17, 15) is 14.7 Å². The minimum Gasteiger partial charge on any atom is -0.506 e. The number of hydrogen-bond donors (Lipinski definition) is 2. The summed E-state index contributed by atoms with van der Waals surface area (Å²) in [5.41, 5.74) is 0.199. The van der Waals surface area contributed by atoms with Crippen LogP contribution in [0.1, 0.15) is 6.42 Å². The van der Waals surface area contributed by atoms with E-state index >= 15 is 0 Å². The Morgan fingerprint density at radius 2 is 2.10 bits per heavy atom. The lowest BCUT2D eigenvalue weighted by atomic mass is 10.3. The number of rotatable bonds is 4. The lowest BCUT2D eigenvalue weighted by Gasteiger charge is -2.08. The average molecular weight is 337 g/mol.